The van der Waals surface area contributed by atoms with Crippen LogP contribution >= 0.6 is 0 Å². The van der Waals surface area contributed by atoms with Crippen LogP contribution in [-0.2, 0) is 6.18 Å². The molecule has 0 amide bonds. The molecule has 0 saturated carbocycles. The molecule has 0 aliphatic heterocycles. The van der Waals surface area contributed by atoms with Crippen molar-refractivity contribution in [2.24, 2.45) is 0 Å². The Labute approximate surface area is 75.7 Å². The highest BCUT2D eigenvalue weighted by molar-refractivity contribution is 5.34. The maximum atomic E-state index is 12.2. The molecule has 0 fully saturated rings. The number of aromatic nitrogens is 2. The Kier molecular flexibility index (Phi) is 2.37. The normalized spacial score (nSPS) is 11.4. The van der Waals surface area contributed by atoms with Gasteiger partial charge in [-0.2, -0.15) is 13.2 Å². The lowest BCUT2D eigenvalue weighted by molar-refractivity contribution is -0.393. The monoisotopic (exact) mass is 207 g/mol. The van der Waals surface area contributed by atoms with Crippen molar-refractivity contribution in [2.75, 3.05) is 0 Å². The number of alkyl halides is 3. The maximum Gasteiger partial charge on any atom is 0.424 e. The molecule has 1 heterocycles. The Morgan fingerprint density at radius 3 is 2.43 bits per heavy atom. The van der Waals surface area contributed by atoms with Crippen molar-refractivity contribution in [1.82, 2.24) is 10.2 Å². The van der Waals surface area contributed by atoms with E-state index in [0.29, 0.717) is 6.07 Å². The number of hydrogen-bond donors (Lipinski definition) is 0. The predicted molar refractivity (Wildman–Crippen MR) is 38.4 cm³/mol. The molecular weight excluding hydrogens is 203 g/mol. The number of aryl methyl sites for hydroxylation is 1. The fraction of sp³-hybridized carbons (Fsp3) is 0.333. The zero-order valence-corrected chi connectivity index (χ0v) is 6.87. The standard InChI is InChI=1S/C6H4F3N3O2/c1-3-2-4(6(7,8)9)5(11-10-3)12(13)14/h2H,1H3. The summed E-state index contributed by atoms with van der Waals surface area (Å²) in [6.45, 7) is 1.27. The Morgan fingerprint density at radius 1 is 1.43 bits per heavy atom. The molecule has 0 radical (unpaired) electrons. The minimum absolute atomic E-state index is 0.0251. The van der Waals surface area contributed by atoms with E-state index in [1.807, 2.05) is 0 Å². The molecule has 1 aromatic rings. The van der Waals surface area contributed by atoms with Crippen molar-refractivity contribution >= 4 is 5.82 Å². The van der Waals surface area contributed by atoms with Crippen LogP contribution < -0.4 is 0 Å². The van der Waals surface area contributed by atoms with E-state index in [-0.39, 0.29) is 5.69 Å². The van der Waals surface area contributed by atoms with Crippen LogP contribution in [0.3, 0.4) is 0 Å². The quantitative estimate of drug-likeness (QED) is 0.519. The van der Waals surface area contributed by atoms with E-state index in [0.717, 1.165) is 0 Å². The molecule has 0 bridgehead atoms. The molecule has 5 nitrogen and oxygen atoms in total. The fourth-order valence-corrected chi connectivity index (χ4v) is 0.826. The SMILES string of the molecule is Cc1cc(C(F)(F)F)c([N+](=O)[O-])nn1. The third-order valence-corrected chi connectivity index (χ3v) is 1.37. The first-order chi connectivity index (χ1) is 6.32. The van der Waals surface area contributed by atoms with E-state index in [9.17, 15) is 23.3 Å². The minimum Gasteiger partial charge on any atom is -0.358 e. The van der Waals surface area contributed by atoms with Crippen LogP contribution in [-0.4, -0.2) is 15.1 Å². The van der Waals surface area contributed by atoms with E-state index in [1.165, 1.54) is 6.92 Å². The number of hydrogen-bond acceptors (Lipinski definition) is 4. The Bertz CT molecular complexity index is 377. The second-order valence-electron chi connectivity index (χ2n) is 2.48. The third kappa shape index (κ3) is 1.95. The van der Waals surface area contributed by atoms with Crippen LogP contribution in [0.15, 0.2) is 6.07 Å². The summed E-state index contributed by atoms with van der Waals surface area (Å²) in [5.41, 5.74) is -1.40. The molecule has 0 aliphatic carbocycles. The van der Waals surface area contributed by atoms with Crippen molar-refractivity contribution < 1.29 is 18.1 Å². The molecule has 0 aromatic carbocycles. The lowest BCUT2D eigenvalue weighted by Crippen LogP contribution is -2.11. The molecule has 1 rings (SSSR count). The summed E-state index contributed by atoms with van der Waals surface area (Å²) < 4.78 is 36.6. The van der Waals surface area contributed by atoms with Crippen LogP contribution in [0.4, 0.5) is 19.0 Å². The zero-order chi connectivity index (χ0) is 10.9. The van der Waals surface area contributed by atoms with Crippen molar-refractivity contribution in [1.29, 1.82) is 0 Å². The van der Waals surface area contributed by atoms with Crippen LogP contribution in [0.2, 0.25) is 0 Å². The average Bonchev–Trinajstić information content (AvgIpc) is 2.01. The largest absolute Gasteiger partial charge is 0.424 e. The highest BCUT2D eigenvalue weighted by Gasteiger charge is 2.40. The van der Waals surface area contributed by atoms with Crippen LogP contribution in [0, 0.1) is 17.0 Å². The summed E-state index contributed by atoms with van der Waals surface area (Å²) >= 11 is 0. The lowest BCUT2D eigenvalue weighted by Gasteiger charge is -2.05. The first-order valence-corrected chi connectivity index (χ1v) is 3.38. The summed E-state index contributed by atoms with van der Waals surface area (Å²) in [6, 6.07) is 0.588. The van der Waals surface area contributed by atoms with Crippen LogP contribution in [0.5, 0.6) is 0 Å². The van der Waals surface area contributed by atoms with Gasteiger partial charge in [-0.25, -0.2) is 0 Å². The maximum absolute atomic E-state index is 12.2. The summed E-state index contributed by atoms with van der Waals surface area (Å²) in [5, 5.41) is 16.2. The van der Waals surface area contributed by atoms with E-state index in [4.69, 9.17) is 0 Å². The van der Waals surface area contributed by atoms with E-state index >= 15 is 0 Å². The number of nitrogens with zero attached hydrogens (tertiary/aromatic N) is 3. The minimum atomic E-state index is -4.79. The van der Waals surface area contributed by atoms with Gasteiger partial charge in [0.05, 0.1) is 10.8 Å². The van der Waals surface area contributed by atoms with Gasteiger partial charge in [0, 0.05) is 0 Å². The van der Waals surface area contributed by atoms with Gasteiger partial charge in [0.15, 0.2) is 5.56 Å². The number of halogens is 3. The van der Waals surface area contributed by atoms with E-state index < -0.39 is 22.5 Å². The average molecular weight is 207 g/mol. The zero-order valence-electron chi connectivity index (χ0n) is 6.87. The van der Waals surface area contributed by atoms with Gasteiger partial charge >= 0.3 is 12.0 Å². The first kappa shape index (κ1) is 10.4. The Hall–Kier alpha value is -1.73. The highest BCUT2D eigenvalue weighted by Crippen LogP contribution is 2.34. The van der Waals surface area contributed by atoms with Crippen LogP contribution in [0.25, 0.3) is 0 Å². The second-order valence-corrected chi connectivity index (χ2v) is 2.48. The molecular formula is C6H4F3N3O2. The third-order valence-electron chi connectivity index (χ3n) is 1.37. The smallest absolute Gasteiger partial charge is 0.358 e. The molecule has 1 aromatic heterocycles. The van der Waals surface area contributed by atoms with Crippen molar-refractivity contribution in [3.8, 4) is 0 Å². The van der Waals surface area contributed by atoms with Gasteiger partial charge in [-0.1, -0.05) is 0 Å². The molecule has 0 N–H and O–H groups in total. The van der Waals surface area contributed by atoms with Gasteiger partial charge in [-0.3, -0.25) is 0 Å². The van der Waals surface area contributed by atoms with Crippen LogP contribution in [0.1, 0.15) is 11.3 Å². The molecule has 76 valence electrons. The van der Waals surface area contributed by atoms with Crippen molar-refractivity contribution in [3.63, 3.8) is 0 Å². The molecule has 0 atom stereocenters. The molecule has 14 heavy (non-hydrogen) atoms. The summed E-state index contributed by atoms with van der Waals surface area (Å²) in [7, 11) is 0. The van der Waals surface area contributed by atoms with Gasteiger partial charge in [0.2, 0.25) is 0 Å². The van der Waals surface area contributed by atoms with Gasteiger partial charge < -0.3 is 10.1 Å². The molecule has 0 unspecified atom stereocenters. The molecule has 8 heteroatoms. The van der Waals surface area contributed by atoms with Gasteiger partial charge in [0.25, 0.3) is 0 Å². The van der Waals surface area contributed by atoms with E-state index in [2.05, 4.69) is 10.2 Å². The van der Waals surface area contributed by atoms with Gasteiger partial charge in [-0.15, -0.1) is 0 Å². The van der Waals surface area contributed by atoms with E-state index in [1.54, 1.807) is 0 Å². The molecule has 0 saturated heterocycles. The first-order valence-electron chi connectivity index (χ1n) is 3.38. The Morgan fingerprint density at radius 2 is 2.00 bits per heavy atom. The summed E-state index contributed by atoms with van der Waals surface area (Å²) in [6.07, 6.45) is -4.79. The highest BCUT2D eigenvalue weighted by atomic mass is 19.4. The number of rotatable bonds is 1. The van der Waals surface area contributed by atoms with Crippen molar-refractivity contribution in [2.45, 2.75) is 13.1 Å². The van der Waals surface area contributed by atoms with Gasteiger partial charge in [0.1, 0.15) is 0 Å². The lowest BCUT2D eigenvalue weighted by atomic mass is 10.2. The summed E-state index contributed by atoms with van der Waals surface area (Å²) in [5.74, 6) is -1.27. The summed E-state index contributed by atoms with van der Waals surface area (Å²) in [4.78, 5) is 8.97. The fourth-order valence-electron chi connectivity index (χ4n) is 0.826. The second kappa shape index (κ2) is 3.20. The topological polar surface area (TPSA) is 68.9 Å². The predicted octanol–water partition coefficient (Wildman–Crippen LogP) is 1.71. The Balaban J connectivity index is 3.38. The van der Waals surface area contributed by atoms with Gasteiger partial charge in [-0.05, 0) is 23.0 Å². The van der Waals surface area contributed by atoms with Crippen molar-refractivity contribution in [3.05, 3.63) is 27.4 Å². The molecule has 0 spiro atoms. The molecule has 0 aliphatic rings. The number of nitro groups is 1.